The lowest BCUT2D eigenvalue weighted by Crippen LogP contribution is -2.39. The fourth-order valence-electron chi connectivity index (χ4n) is 1.08. The number of aliphatic imine (C=N–C) groups is 1. The molecule has 0 aromatic carbocycles. The van der Waals surface area contributed by atoms with Crippen LogP contribution in [0.25, 0.3) is 0 Å². The number of rotatable bonds is 8. The summed E-state index contributed by atoms with van der Waals surface area (Å²) >= 11 is 4.17. The van der Waals surface area contributed by atoms with E-state index in [1.807, 2.05) is 0 Å². The minimum absolute atomic E-state index is 0. The minimum Gasteiger partial charge on any atom is -0.356 e. The van der Waals surface area contributed by atoms with Gasteiger partial charge in [-0.25, -0.2) is 0 Å². The van der Waals surface area contributed by atoms with Gasteiger partial charge in [-0.05, 0) is 12.8 Å². The van der Waals surface area contributed by atoms with Crippen LogP contribution < -0.4 is 10.6 Å². The monoisotopic (exact) mass is 311 g/mol. The van der Waals surface area contributed by atoms with Gasteiger partial charge in [0.15, 0.2) is 5.96 Å². The maximum Gasteiger partial charge on any atom is 0.191 e. The predicted octanol–water partition coefficient (Wildman–Crippen LogP) is 2.63. The maximum absolute atomic E-state index is 4.48. The van der Waals surface area contributed by atoms with Crippen LogP contribution in [0.15, 0.2) is 4.99 Å². The van der Waals surface area contributed by atoms with Gasteiger partial charge in [-0.15, -0.1) is 17.0 Å². The van der Waals surface area contributed by atoms with Crippen molar-refractivity contribution in [3.8, 4) is 0 Å². The molecule has 0 saturated heterocycles. The summed E-state index contributed by atoms with van der Waals surface area (Å²) in [5.74, 6) is 1.77. The van der Waals surface area contributed by atoms with Crippen LogP contribution in [0, 0.1) is 0 Å². The molecule has 0 aliphatic carbocycles. The van der Waals surface area contributed by atoms with Crippen LogP contribution in [0.4, 0.5) is 0 Å². The molecule has 0 aliphatic heterocycles. The van der Waals surface area contributed by atoms with Gasteiger partial charge in [0.25, 0.3) is 0 Å². The molecule has 0 fully saturated rings. The first-order chi connectivity index (χ1) is 7.35. The van der Waals surface area contributed by atoms with Crippen molar-refractivity contribution < 1.29 is 0 Å². The molecule has 0 atom stereocenters. The molecule has 0 amide bonds. The third-order valence-corrected chi connectivity index (χ3v) is 2.23. The Kier molecular flexibility index (Phi) is 17.4. The molecule has 0 aromatic rings. The smallest absolute Gasteiger partial charge is 0.191 e. The average Bonchev–Trinajstić information content (AvgIpc) is 2.25. The maximum atomic E-state index is 4.48. The molecule has 0 spiro atoms. The summed E-state index contributed by atoms with van der Waals surface area (Å²) in [6.07, 6.45) is 4.75. The summed E-state index contributed by atoms with van der Waals surface area (Å²) < 4.78 is 0. The number of halogens is 1. The zero-order valence-electron chi connectivity index (χ0n) is 10.5. The van der Waals surface area contributed by atoms with E-state index in [-0.39, 0.29) is 17.0 Å². The van der Waals surface area contributed by atoms with E-state index in [0.717, 1.165) is 37.8 Å². The van der Waals surface area contributed by atoms with E-state index in [1.54, 1.807) is 0 Å². The van der Waals surface area contributed by atoms with Crippen molar-refractivity contribution in [1.82, 2.24) is 10.6 Å². The van der Waals surface area contributed by atoms with Gasteiger partial charge < -0.3 is 10.6 Å². The molecule has 0 radical (unpaired) electrons. The van der Waals surface area contributed by atoms with Crippen LogP contribution >= 0.6 is 29.6 Å². The molecule has 0 bridgehead atoms. The summed E-state index contributed by atoms with van der Waals surface area (Å²) in [5.41, 5.74) is 0. The highest BCUT2D eigenvalue weighted by Gasteiger charge is 1.95. The van der Waals surface area contributed by atoms with Crippen LogP contribution in [0.1, 0.15) is 39.5 Å². The second-order valence-corrected chi connectivity index (χ2v) is 3.96. The van der Waals surface area contributed by atoms with E-state index in [0.29, 0.717) is 0 Å². The summed E-state index contributed by atoms with van der Waals surface area (Å²) in [4.78, 5) is 4.48. The Balaban J connectivity index is 0. The molecule has 16 heavy (non-hydrogen) atoms. The number of guanidine groups is 1. The second kappa shape index (κ2) is 15.1. The van der Waals surface area contributed by atoms with Crippen molar-refractivity contribution in [2.75, 3.05) is 25.4 Å². The number of hydrogen-bond donors (Lipinski definition) is 3. The second-order valence-electron chi connectivity index (χ2n) is 3.51. The van der Waals surface area contributed by atoms with E-state index in [2.05, 4.69) is 42.1 Å². The number of unbranched alkanes of at least 4 members (excludes halogenated alkanes) is 2. The van der Waals surface area contributed by atoms with Crippen LogP contribution in [0.2, 0.25) is 0 Å². The average molecular weight is 312 g/mol. The first-order valence-electron chi connectivity index (χ1n) is 5.98. The molecule has 0 heterocycles. The van der Waals surface area contributed by atoms with Crippen molar-refractivity contribution in [3.63, 3.8) is 0 Å². The molecule has 3 nitrogen and oxygen atoms in total. The zero-order chi connectivity index (χ0) is 11.4. The van der Waals surface area contributed by atoms with Gasteiger partial charge in [-0.2, -0.15) is 12.6 Å². The molecule has 0 aromatic heterocycles. The van der Waals surface area contributed by atoms with E-state index >= 15 is 0 Å². The highest BCUT2D eigenvalue weighted by Crippen LogP contribution is 1.88. The molecular formula is C11H26BrN3S. The summed E-state index contributed by atoms with van der Waals surface area (Å²) in [6.45, 7) is 7.15. The van der Waals surface area contributed by atoms with Crippen molar-refractivity contribution in [2.24, 2.45) is 4.99 Å². The van der Waals surface area contributed by atoms with E-state index < -0.39 is 0 Å². The Labute approximate surface area is 116 Å². The first-order valence-corrected chi connectivity index (χ1v) is 6.61. The molecule has 5 heteroatoms. The van der Waals surface area contributed by atoms with Crippen LogP contribution in [0.3, 0.4) is 0 Å². The van der Waals surface area contributed by atoms with Gasteiger partial charge in [-0.3, -0.25) is 4.99 Å². The van der Waals surface area contributed by atoms with E-state index in [9.17, 15) is 0 Å². The Bertz CT molecular complexity index is 165. The predicted molar refractivity (Wildman–Crippen MR) is 82.3 cm³/mol. The first kappa shape index (κ1) is 18.5. The summed E-state index contributed by atoms with van der Waals surface area (Å²) in [7, 11) is 0. The number of hydrogen-bond acceptors (Lipinski definition) is 2. The molecular weight excluding hydrogens is 286 g/mol. The molecule has 2 N–H and O–H groups in total. The summed E-state index contributed by atoms with van der Waals surface area (Å²) in [6, 6.07) is 0. The third kappa shape index (κ3) is 12.2. The van der Waals surface area contributed by atoms with Crippen LogP contribution in [-0.2, 0) is 0 Å². The molecule has 0 rings (SSSR count). The van der Waals surface area contributed by atoms with Gasteiger partial charge in [0.2, 0.25) is 0 Å². The Morgan fingerprint density at radius 1 is 1.06 bits per heavy atom. The standard InChI is InChI=1S/C11H25N3S.BrH/c1-3-5-7-12-11(14-9-10-15)13-8-6-4-2;/h15H,3-10H2,1-2H3,(H2,12,13,14);1H. The lowest BCUT2D eigenvalue weighted by Gasteiger charge is -2.11. The quantitative estimate of drug-likeness (QED) is 0.279. The van der Waals surface area contributed by atoms with Crippen LogP contribution in [-0.4, -0.2) is 31.3 Å². The van der Waals surface area contributed by atoms with E-state index in [1.165, 1.54) is 19.3 Å². The number of thiol groups is 1. The Hall–Kier alpha value is 0.1000. The van der Waals surface area contributed by atoms with E-state index in [4.69, 9.17) is 0 Å². The van der Waals surface area contributed by atoms with Crippen molar-refractivity contribution >= 4 is 35.6 Å². The van der Waals surface area contributed by atoms with Crippen molar-refractivity contribution in [2.45, 2.75) is 39.5 Å². The fraction of sp³-hybridized carbons (Fsp3) is 0.909. The minimum atomic E-state index is 0. The Morgan fingerprint density at radius 3 is 2.25 bits per heavy atom. The Morgan fingerprint density at radius 2 is 1.69 bits per heavy atom. The SMILES string of the molecule is Br.CCCCN=C(NCCS)NCCCC. The lowest BCUT2D eigenvalue weighted by atomic mass is 10.3. The third-order valence-electron chi connectivity index (χ3n) is 2.01. The summed E-state index contributed by atoms with van der Waals surface area (Å²) in [5, 5.41) is 6.57. The van der Waals surface area contributed by atoms with Gasteiger partial charge in [0.1, 0.15) is 0 Å². The normalized spacial score (nSPS) is 10.8. The lowest BCUT2D eigenvalue weighted by molar-refractivity contribution is 0.724. The van der Waals surface area contributed by atoms with Crippen LogP contribution in [0.5, 0.6) is 0 Å². The molecule has 0 aliphatic rings. The van der Waals surface area contributed by atoms with Crippen molar-refractivity contribution in [1.29, 1.82) is 0 Å². The number of nitrogens with zero attached hydrogens (tertiary/aromatic N) is 1. The highest BCUT2D eigenvalue weighted by molar-refractivity contribution is 8.93. The van der Waals surface area contributed by atoms with Gasteiger partial charge in [-0.1, -0.05) is 26.7 Å². The van der Waals surface area contributed by atoms with Gasteiger partial charge in [0.05, 0.1) is 0 Å². The van der Waals surface area contributed by atoms with Crippen molar-refractivity contribution in [3.05, 3.63) is 0 Å². The highest BCUT2D eigenvalue weighted by atomic mass is 79.9. The van der Waals surface area contributed by atoms with Gasteiger partial charge >= 0.3 is 0 Å². The largest absolute Gasteiger partial charge is 0.356 e. The fourth-order valence-corrected chi connectivity index (χ4v) is 1.19. The zero-order valence-corrected chi connectivity index (χ0v) is 13.1. The van der Waals surface area contributed by atoms with Gasteiger partial charge in [0, 0.05) is 25.4 Å². The number of nitrogens with one attached hydrogen (secondary N) is 2. The molecule has 0 saturated carbocycles. The molecule has 0 unspecified atom stereocenters. The topological polar surface area (TPSA) is 36.4 Å². The molecule has 98 valence electrons.